The lowest BCUT2D eigenvalue weighted by molar-refractivity contribution is 0.0600. The lowest BCUT2D eigenvalue weighted by atomic mass is 10.2. The molecule has 2 rings (SSSR count). The lowest BCUT2D eigenvalue weighted by Gasteiger charge is -2.09. The Kier molecular flexibility index (Phi) is 3.27. The SMILES string of the molecule is COC(=O)c1ccc(S(=O)(=O)NC2CC2)c(N)c1. The van der Waals surface area contributed by atoms with E-state index in [1.54, 1.807) is 0 Å². The number of esters is 1. The molecule has 0 unspecified atom stereocenters. The van der Waals surface area contributed by atoms with Crippen molar-refractivity contribution in [2.45, 2.75) is 23.8 Å². The van der Waals surface area contributed by atoms with E-state index in [0.717, 1.165) is 12.8 Å². The molecule has 1 aromatic rings. The van der Waals surface area contributed by atoms with Crippen molar-refractivity contribution >= 4 is 21.7 Å². The van der Waals surface area contributed by atoms with Crippen LogP contribution in [-0.2, 0) is 14.8 Å². The van der Waals surface area contributed by atoms with Gasteiger partial charge in [-0.05, 0) is 31.0 Å². The van der Waals surface area contributed by atoms with Crippen LogP contribution >= 0.6 is 0 Å². The van der Waals surface area contributed by atoms with Crippen molar-refractivity contribution < 1.29 is 17.9 Å². The minimum atomic E-state index is -3.60. The topological polar surface area (TPSA) is 98.5 Å². The molecule has 0 saturated heterocycles. The van der Waals surface area contributed by atoms with Crippen LogP contribution in [0.3, 0.4) is 0 Å². The van der Waals surface area contributed by atoms with Crippen molar-refractivity contribution in [3.8, 4) is 0 Å². The molecular formula is C11H14N2O4S. The van der Waals surface area contributed by atoms with Gasteiger partial charge in [0.1, 0.15) is 4.90 Å². The van der Waals surface area contributed by atoms with Crippen molar-refractivity contribution in [3.63, 3.8) is 0 Å². The number of carbonyl (C=O) groups is 1. The highest BCUT2D eigenvalue weighted by Crippen LogP contribution is 2.25. The number of carbonyl (C=O) groups excluding carboxylic acids is 1. The second-order valence-corrected chi connectivity index (χ2v) is 5.82. The first-order chi connectivity index (χ1) is 8.44. The van der Waals surface area contributed by atoms with E-state index in [0.29, 0.717) is 0 Å². The Bertz CT molecular complexity index is 579. The number of methoxy groups -OCH3 is 1. The number of hydrogen-bond donors (Lipinski definition) is 2. The Morgan fingerprint density at radius 3 is 2.61 bits per heavy atom. The first-order valence-electron chi connectivity index (χ1n) is 5.44. The van der Waals surface area contributed by atoms with E-state index >= 15 is 0 Å². The van der Waals surface area contributed by atoms with Gasteiger partial charge in [-0.25, -0.2) is 17.9 Å². The summed E-state index contributed by atoms with van der Waals surface area (Å²) in [4.78, 5) is 11.3. The van der Waals surface area contributed by atoms with Gasteiger partial charge in [0.05, 0.1) is 18.4 Å². The van der Waals surface area contributed by atoms with E-state index < -0.39 is 16.0 Å². The van der Waals surface area contributed by atoms with Crippen molar-refractivity contribution in [2.24, 2.45) is 0 Å². The number of sulfonamides is 1. The van der Waals surface area contributed by atoms with Gasteiger partial charge in [0.2, 0.25) is 10.0 Å². The fourth-order valence-corrected chi connectivity index (χ4v) is 2.94. The Morgan fingerprint density at radius 2 is 2.11 bits per heavy atom. The van der Waals surface area contributed by atoms with E-state index in [2.05, 4.69) is 9.46 Å². The van der Waals surface area contributed by atoms with Gasteiger partial charge in [0, 0.05) is 6.04 Å². The molecule has 0 heterocycles. The van der Waals surface area contributed by atoms with Crippen LogP contribution in [0.25, 0.3) is 0 Å². The van der Waals surface area contributed by atoms with Crippen LogP contribution in [0.1, 0.15) is 23.2 Å². The highest BCUT2D eigenvalue weighted by molar-refractivity contribution is 7.89. The Morgan fingerprint density at radius 1 is 1.44 bits per heavy atom. The van der Waals surface area contributed by atoms with E-state index in [9.17, 15) is 13.2 Å². The molecule has 0 bridgehead atoms. The Balaban J connectivity index is 2.31. The number of anilines is 1. The van der Waals surface area contributed by atoms with Crippen LogP contribution < -0.4 is 10.5 Å². The molecule has 98 valence electrons. The molecule has 1 aromatic carbocycles. The van der Waals surface area contributed by atoms with E-state index in [-0.39, 0.29) is 22.2 Å². The summed E-state index contributed by atoms with van der Waals surface area (Å²) in [5.41, 5.74) is 5.93. The van der Waals surface area contributed by atoms with Gasteiger partial charge in [-0.1, -0.05) is 0 Å². The van der Waals surface area contributed by atoms with Crippen LogP contribution in [-0.4, -0.2) is 27.5 Å². The highest BCUT2D eigenvalue weighted by Gasteiger charge is 2.29. The van der Waals surface area contributed by atoms with Gasteiger partial charge in [-0.2, -0.15) is 0 Å². The normalized spacial score (nSPS) is 15.4. The highest BCUT2D eigenvalue weighted by atomic mass is 32.2. The molecule has 0 spiro atoms. The zero-order valence-electron chi connectivity index (χ0n) is 9.84. The number of nitrogen functional groups attached to an aromatic ring is 1. The summed E-state index contributed by atoms with van der Waals surface area (Å²) in [5, 5.41) is 0. The summed E-state index contributed by atoms with van der Waals surface area (Å²) in [7, 11) is -2.36. The van der Waals surface area contributed by atoms with Crippen molar-refractivity contribution in [1.82, 2.24) is 4.72 Å². The molecule has 6 nitrogen and oxygen atoms in total. The van der Waals surface area contributed by atoms with Gasteiger partial charge >= 0.3 is 5.97 Å². The lowest BCUT2D eigenvalue weighted by Crippen LogP contribution is -2.26. The molecule has 0 amide bonds. The van der Waals surface area contributed by atoms with Crippen molar-refractivity contribution in [3.05, 3.63) is 23.8 Å². The fourth-order valence-electron chi connectivity index (χ4n) is 1.52. The van der Waals surface area contributed by atoms with Crippen LogP contribution in [0, 0.1) is 0 Å². The number of nitrogens with two attached hydrogens (primary N) is 1. The molecule has 0 aliphatic heterocycles. The van der Waals surface area contributed by atoms with Gasteiger partial charge in [0.15, 0.2) is 0 Å². The minimum Gasteiger partial charge on any atom is -0.465 e. The van der Waals surface area contributed by atoms with Crippen LogP contribution in [0.2, 0.25) is 0 Å². The van der Waals surface area contributed by atoms with Crippen LogP contribution in [0.4, 0.5) is 5.69 Å². The Hall–Kier alpha value is -1.60. The molecule has 1 aliphatic carbocycles. The monoisotopic (exact) mass is 270 g/mol. The summed E-state index contributed by atoms with van der Waals surface area (Å²) in [6, 6.07) is 4.00. The zero-order chi connectivity index (χ0) is 13.3. The molecule has 1 fully saturated rings. The van der Waals surface area contributed by atoms with E-state index in [1.165, 1.54) is 25.3 Å². The number of hydrogen-bond acceptors (Lipinski definition) is 5. The van der Waals surface area contributed by atoms with Crippen molar-refractivity contribution in [2.75, 3.05) is 12.8 Å². The number of ether oxygens (including phenoxy) is 1. The van der Waals surface area contributed by atoms with E-state index in [1.807, 2.05) is 0 Å². The summed E-state index contributed by atoms with van der Waals surface area (Å²) in [6.07, 6.45) is 1.69. The largest absolute Gasteiger partial charge is 0.465 e. The Labute approximate surface area is 105 Å². The molecule has 1 aliphatic rings. The zero-order valence-corrected chi connectivity index (χ0v) is 10.7. The summed E-state index contributed by atoms with van der Waals surface area (Å²) in [5.74, 6) is -0.555. The third-order valence-electron chi connectivity index (χ3n) is 2.62. The predicted octanol–water partition coefficient (Wildman–Crippen LogP) is 0.496. The maximum absolute atomic E-state index is 11.9. The average molecular weight is 270 g/mol. The van der Waals surface area contributed by atoms with Gasteiger partial charge < -0.3 is 10.5 Å². The second kappa shape index (κ2) is 4.58. The third-order valence-corrected chi connectivity index (χ3v) is 4.21. The molecule has 3 N–H and O–H groups in total. The summed E-state index contributed by atoms with van der Waals surface area (Å²) < 4.78 is 31.0. The van der Waals surface area contributed by atoms with Gasteiger partial charge in [-0.3, -0.25) is 0 Å². The first kappa shape index (κ1) is 12.8. The number of benzene rings is 1. The number of rotatable bonds is 4. The third kappa shape index (κ3) is 2.62. The maximum atomic E-state index is 11.9. The number of nitrogens with one attached hydrogen (secondary N) is 1. The summed E-state index contributed by atoms with van der Waals surface area (Å²) in [6.45, 7) is 0. The molecule has 0 aromatic heterocycles. The molecule has 7 heteroatoms. The molecule has 1 saturated carbocycles. The average Bonchev–Trinajstić information content (AvgIpc) is 3.10. The maximum Gasteiger partial charge on any atom is 0.337 e. The smallest absolute Gasteiger partial charge is 0.337 e. The first-order valence-corrected chi connectivity index (χ1v) is 6.92. The second-order valence-electron chi connectivity index (χ2n) is 4.14. The van der Waals surface area contributed by atoms with Gasteiger partial charge in [0.25, 0.3) is 0 Å². The van der Waals surface area contributed by atoms with Crippen LogP contribution in [0.5, 0.6) is 0 Å². The predicted molar refractivity (Wildman–Crippen MR) is 65.5 cm³/mol. The van der Waals surface area contributed by atoms with Gasteiger partial charge in [-0.15, -0.1) is 0 Å². The summed E-state index contributed by atoms with van der Waals surface area (Å²) >= 11 is 0. The van der Waals surface area contributed by atoms with E-state index in [4.69, 9.17) is 5.73 Å². The quantitative estimate of drug-likeness (QED) is 0.613. The molecular weight excluding hydrogens is 256 g/mol. The minimum absolute atomic E-state index is 0.00897. The standard InChI is InChI=1S/C11H14N2O4S/c1-17-11(14)7-2-5-10(9(12)6-7)18(15,16)13-8-3-4-8/h2,5-6,8,13H,3-4,12H2,1H3. The van der Waals surface area contributed by atoms with Crippen molar-refractivity contribution in [1.29, 1.82) is 0 Å². The molecule has 0 radical (unpaired) electrons. The van der Waals surface area contributed by atoms with Crippen LogP contribution in [0.15, 0.2) is 23.1 Å². The molecule has 18 heavy (non-hydrogen) atoms. The molecule has 0 atom stereocenters. The fraction of sp³-hybridized carbons (Fsp3) is 0.364.